The van der Waals surface area contributed by atoms with Crippen LogP contribution in [0.15, 0.2) is 15.5 Å². The highest BCUT2D eigenvalue weighted by Crippen LogP contribution is 2.30. The summed E-state index contributed by atoms with van der Waals surface area (Å²) in [4.78, 5) is 12.1. The first-order chi connectivity index (χ1) is 9.47. The fourth-order valence-electron chi connectivity index (χ4n) is 2.12. The molecule has 1 atom stereocenters. The van der Waals surface area contributed by atoms with Crippen LogP contribution in [0.4, 0.5) is 5.69 Å². The van der Waals surface area contributed by atoms with Crippen LogP contribution >= 0.6 is 15.9 Å². The van der Waals surface area contributed by atoms with Gasteiger partial charge in [-0.05, 0) is 47.0 Å². The Morgan fingerprint density at radius 2 is 2.25 bits per heavy atom. The van der Waals surface area contributed by atoms with Crippen LogP contribution in [-0.4, -0.2) is 27.5 Å². The second-order valence-corrected chi connectivity index (χ2v) is 6.76. The van der Waals surface area contributed by atoms with Gasteiger partial charge in [-0.15, -0.1) is 0 Å². The summed E-state index contributed by atoms with van der Waals surface area (Å²) < 4.78 is 2.00. The van der Waals surface area contributed by atoms with Crippen molar-refractivity contribution in [3.05, 3.63) is 21.0 Å². The van der Waals surface area contributed by atoms with Crippen molar-refractivity contribution >= 4 is 21.6 Å². The molecule has 0 amide bonds. The lowest BCUT2D eigenvalue weighted by atomic mass is 10.1. The highest BCUT2D eigenvalue weighted by Gasteiger charge is 2.23. The summed E-state index contributed by atoms with van der Waals surface area (Å²) >= 11 is 3.32. The third-order valence-electron chi connectivity index (χ3n) is 3.38. The predicted octanol–water partition coefficient (Wildman–Crippen LogP) is 2.23. The molecular weight excluding hydrogens is 322 g/mol. The molecule has 112 valence electrons. The summed E-state index contributed by atoms with van der Waals surface area (Å²) in [7, 11) is 0. The third-order valence-corrected chi connectivity index (χ3v) is 4.15. The lowest BCUT2D eigenvalue weighted by Gasteiger charge is -2.15. The molecule has 2 N–H and O–H groups in total. The van der Waals surface area contributed by atoms with Gasteiger partial charge in [-0.25, -0.2) is 4.68 Å². The van der Waals surface area contributed by atoms with Gasteiger partial charge in [-0.3, -0.25) is 4.79 Å². The Bertz CT molecular complexity index is 512. The van der Waals surface area contributed by atoms with Gasteiger partial charge in [0, 0.05) is 13.1 Å². The first kappa shape index (κ1) is 15.5. The molecule has 1 aliphatic rings. The maximum Gasteiger partial charge on any atom is 0.283 e. The van der Waals surface area contributed by atoms with Crippen molar-refractivity contribution in [2.75, 3.05) is 11.9 Å². The van der Waals surface area contributed by atoms with E-state index in [1.165, 1.54) is 17.5 Å². The zero-order valence-corrected chi connectivity index (χ0v) is 13.6. The van der Waals surface area contributed by atoms with E-state index in [-0.39, 0.29) is 5.56 Å². The molecule has 1 aromatic heterocycles. The first-order valence-corrected chi connectivity index (χ1v) is 7.94. The van der Waals surface area contributed by atoms with Crippen LogP contribution in [0.25, 0.3) is 0 Å². The highest BCUT2D eigenvalue weighted by atomic mass is 79.9. The number of hydrogen-bond donors (Lipinski definition) is 2. The third kappa shape index (κ3) is 4.31. The van der Waals surface area contributed by atoms with Crippen molar-refractivity contribution in [2.24, 2.45) is 11.8 Å². The molecule has 1 unspecified atom stereocenters. The molecule has 0 saturated heterocycles. The van der Waals surface area contributed by atoms with Crippen molar-refractivity contribution in [3.8, 4) is 0 Å². The molecule has 0 bridgehead atoms. The number of aliphatic hydroxyl groups is 1. The monoisotopic (exact) mass is 343 g/mol. The quantitative estimate of drug-likeness (QED) is 0.796. The number of aromatic nitrogens is 2. The van der Waals surface area contributed by atoms with Crippen LogP contribution in [0.5, 0.6) is 0 Å². The molecule has 1 heterocycles. The van der Waals surface area contributed by atoms with Gasteiger partial charge in [-0.1, -0.05) is 13.8 Å². The Kier molecular flexibility index (Phi) is 5.21. The van der Waals surface area contributed by atoms with E-state index < -0.39 is 6.10 Å². The highest BCUT2D eigenvalue weighted by molar-refractivity contribution is 9.10. The van der Waals surface area contributed by atoms with Crippen molar-refractivity contribution in [1.82, 2.24) is 9.78 Å². The lowest BCUT2D eigenvalue weighted by Crippen LogP contribution is -2.27. The molecule has 5 nitrogen and oxygen atoms in total. The summed E-state index contributed by atoms with van der Waals surface area (Å²) in [6.45, 7) is 5.26. The lowest BCUT2D eigenvalue weighted by molar-refractivity contribution is 0.161. The van der Waals surface area contributed by atoms with Crippen LogP contribution in [0.1, 0.15) is 33.1 Å². The molecule has 0 radical (unpaired) electrons. The predicted molar refractivity (Wildman–Crippen MR) is 82.9 cm³/mol. The zero-order valence-electron chi connectivity index (χ0n) is 12.0. The average molecular weight is 344 g/mol. The van der Waals surface area contributed by atoms with Gasteiger partial charge in [0.2, 0.25) is 0 Å². The van der Waals surface area contributed by atoms with Gasteiger partial charge >= 0.3 is 0 Å². The summed E-state index contributed by atoms with van der Waals surface area (Å²) in [5.41, 5.74) is 0.533. The largest absolute Gasteiger partial charge is 0.391 e. The normalized spacial score (nSPS) is 16.4. The number of aliphatic hydroxyl groups excluding tert-OH is 1. The minimum atomic E-state index is -0.421. The van der Waals surface area contributed by atoms with E-state index >= 15 is 0 Å². The van der Waals surface area contributed by atoms with E-state index in [0.717, 1.165) is 6.42 Å². The maximum atomic E-state index is 12.1. The summed E-state index contributed by atoms with van der Waals surface area (Å²) in [6.07, 6.45) is 4.34. The van der Waals surface area contributed by atoms with E-state index in [2.05, 4.69) is 40.2 Å². The fourth-order valence-corrected chi connectivity index (χ4v) is 2.57. The zero-order chi connectivity index (χ0) is 14.7. The summed E-state index contributed by atoms with van der Waals surface area (Å²) in [5, 5.41) is 17.1. The Morgan fingerprint density at radius 1 is 1.55 bits per heavy atom. The van der Waals surface area contributed by atoms with E-state index in [9.17, 15) is 9.90 Å². The van der Waals surface area contributed by atoms with Gasteiger partial charge in [0.05, 0.1) is 18.0 Å². The fraction of sp³-hybridized carbons (Fsp3) is 0.714. The van der Waals surface area contributed by atoms with E-state index in [4.69, 9.17) is 0 Å². The topological polar surface area (TPSA) is 67.2 Å². The number of hydrogen-bond acceptors (Lipinski definition) is 4. The number of rotatable bonds is 7. The van der Waals surface area contributed by atoms with Gasteiger partial charge in [-0.2, -0.15) is 5.10 Å². The molecule has 0 aliphatic heterocycles. The first-order valence-electron chi connectivity index (χ1n) is 7.15. The van der Waals surface area contributed by atoms with E-state index in [1.54, 1.807) is 6.20 Å². The Balaban J connectivity index is 1.98. The number of nitrogens with zero attached hydrogens (tertiary/aromatic N) is 2. The molecule has 1 aromatic rings. The number of nitrogens with one attached hydrogen (secondary N) is 1. The Labute approximate surface area is 127 Å². The minimum Gasteiger partial charge on any atom is -0.391 e. The average Bonchev–Trinajstić information content (AvgIpc) is 3.17. The number of anilines is 1. The van der Waals surface area contributed by atoms with Gasteiger partial charge in [0.1, 0.15) is 4.47 Å². The Hall–Kier alpha value is -0.880. The Morgan fingerprint density at radius 3 is 2.85 bits per heavy atom. The van der Waals surface area contributed by atoms with Crippen LogP contribution in [-0.2, 0) is 6.54 Å². The van der Waals surface area contributed by atoms with E-state index in [1.807, 2.05) is 0 Å². The summed E-state index contributed by atoms with van der Waals surface area (Å²) in [6, 6.07) is 0. The van der Waals surface area contributed by atoms with Gasteiger partial charge in [0.25, 0.3) is 5.56 Å². The van der Waals surface area contributed by atoms with Crippen molar-refractivity contribution < 1.29 is 5.11 Å². The molecule has 1 fully saturated rings. The molecule has 1 aliphatic carbocycles. The van der Waals surface area contributed by atoms with Crippen molar-refractivity contribution in [1.29, 1.82) is 0 Å². The van der Waals surface area contributed by atoms with E-state index in [0.29, 0.717) is 35.1 Å². The molecular formula is C14H22BrN3O2. The number of halogens is 1. The smallest absolute Gasteiger partial charge is 0.283 e. The second-order valence-electron chi connectivity index (χ2n) is 5.97. The molecule has 0 aromatic carbocycles. The van der Waals surface area contributed by atoms with Crippen LogP contribution in [0.3, 0.4) is 0 Å². The maximum absolute atomic E-state index is 12.1. The van der Waals surface area contributed by atoms with Crippen LogP contribution in [0.2, 0.25) is 0 Å². The molecule has 6 heteroatoms. The SMILES string of the molecule is CC(C)CC(O)CNc1cnn(CC2CC2)c(=O)c1Br. The molecule has 20 heavy (non-hydrogen) atoms. The van der Waals surface area contributed by atoms with Crippen LogP contribution < -0.4 is 10.9 Å². The second kappa shape index (κ2) is 6.72. The van der Waals surface area contributed by atoms with Crippen molar-refractivity contribution in [3.63, 3.8) is 0 Å². The minimum absolute atomic E-state index is 0.111. The van der Waals surface area contributed by atoms with Crippen molar-refractivity contribution in [2.45, 2.75) is 45.8 Å². The summed E-state index contributed by atoms with van der Waals surface area (Å²) in [5.74, 6) is 1.05. The van der Waals surface area contributed by atoms with Crippen LogP contribution in [0, 0.1) is 11.8 Å². The molecule has 2 rings (SSSR count). The molecule has 1 saturated carbocycles. The van der Waals surface area contributed by atoms with Gasteiger partial charge in [0.15, 0.2) is 0 Å². The molecule has 0 spiro atoms. The van der Waals surface area contributed by atoms with Gasteiger partial charge < -0.3 is 10.4 Å². The standard InChI is InChI=1S/C14H22BrN3O2/c1-9(2)5-11(19)6-16-12-7-17-18(8-10-3-4-10)14(20)13(12)15/h7,9-11,16,19H,3-6,8H2,1-2H3.